The van der Waals surface area contributed by atoms with Gasteiger partial charge in [-0.15, -0.1) is 0 Å². The quantitative estimate of drug-likeness (QED) is 0.860. The van der Waals surface area contributed by atoms with Crippen LogP contribution in [0.1, 0.15) is 24.1 Å². The number of anilines is 1. The molecule has 0 aliphatic heterocycles. The lowest BCUT2D eigenvalue weighted by Crippen LogP contribution is -2.07. The molecular weight excluding hydrogens is 279 g/mol. The molecule has 0 saturated carbocycles. The van der Waals surface area contributed by atoms with E-state index in [1.54, 1.807) is 12.1 Å². The molecule has 0 radical (unpaired) electrons. The van der Waals surface area contributed by atoms with Crippen molar-refractivity contribution in [1.82, 2.24) is 0 Å². The minimum absolute atomic E-state index is 0.0746. The first-order valence-corrected chi connectivity index (χ1v) is 6.57. The van der Waals surface area contributed by atoms with Gasteiger partial charge < -0.3 is 5.32 Å². The zero-order valence-corrected chi connectivity index (χ0v) is 11.8. The van der Waals surface area contributed by atoms with Gasteiger partial charge >= 0.3 is 0 Å². The van der Waals surface area contributed by atoms with Crippen LogP contribution in [0.2, 0.25) is 10.0 Å². The number of halogens is 2. The lowest BCUT2D eigenvalue weighted by atomic mass is 10.1. The average molecular weight is 291 g/mol. The van der Waals surface area contributed by atoms with Gasteiger partial charge in [-0.3, -0.25) is 0 Å². The van der Waals surface area contributed by atoms with Crippen LogP contribution < -0.4 is 5.32 Å². The van der Waals surface area contributed by atoms with E-state index >= 15 is 0 Å². The van der Waals surface area contributed by atoms with E-state index in [0.29, 0.717) is 15.6 Å². The molecule has 0 fully saturated rings. The molecule has 1 N–H and O–H groups in total. The smallest absolute Gasteiger partial charge is 0.101 e. The minimum atomic E-state index is 0.0746. The fourth-order valence-electron chi connectivity index (χ4n) is 1.80. The van der Waals surface area contributed by atoms with Crippen LogP contribution >= 0.6 is 23.2 Å². The molecule has 0 bridgehead atoms. The Morgan fingerprint density at radius 1 is 1.05 bits per heavy atom. The molecule has 0 aromatic heterocycles. The molecule has 0 heterocycles. The van der Waals surface area contributed by atoms with Crippen molar-refractivity contribution in [2.24, 2.45) is 0 Å². The largest absolute Gasteiger partial charge is 0.377 e. The van der Waals surface area contributed by atoms with Gasteiger partial charge in [0, 0.05) is 16.1 Å². The van der Waals surface area contributed by atoms with Crippen molar-refractivity contribution in [3.8, 4) is 6.07 Å². The van der Waals surface area contributed by atoms with E-state index in [0.717, 1.165) is 11.3 Å². The number of hydrogen-bond donors (Lipinski definition) is 1. The van der Waals surface area contributed by atoms with Crippen LogP contribution in [0.15, 0.2) is 42.5 Å². The Kier molecular flexibility index (Phi) is 4.31. The van der Waals surface area contributed by atoms with Gasteiger partial charge in [0.15, 0.2) is 0 Å². The summed E-state index contributed by atoms with van der Waals surface area (Å²) in [6.07, 6.45) is 0. The van der Waals surface area contributed by atoms with Crippen molar-refractivity contribution in [3.05, 3.63) is 63.6 Å². The maximum Gasteiger partial charge on any atom is 0.101 e. The van der Waals surface area contributed by atoms with Crippen molar-refractivity contribution in [3.63, 3.8) is 0 Å². The Morgan fingerprint density at radius 2 is 1.68 bits per heavy atom. The summed E-state index contributed by atoms with van der Waals surface area (Å²) in [5.41, 5.74) is 2.41. The van der Waals surface area contributed by atoms with Crippen LogP contribution in [0.4, 0.5) is 5.69 Å². The first-order valence-electron chi connectivity index (χ1n) is 5.82. The van der Waals surface area contributed by atoms with Crippen LogP contribution in [0.25, 0.3) is 0 Å². The van der Waals surface area contributed by atoms with E-state index in [4.69, 9.17) is 28.5 Å². The van der Waals surface area contributed by atoms with E-state index in [1.165, 1.54) is 0 Å². The standard InChI is InChI=1S/C15H12Cl2N2/c1-10(11-2-4-13(16)5-3-11)19-15-7-6-14(17)8-12(15)9-18/h2-8,10,19H,1H3. The van der Waals surface area contributed by atoms with Gasteiger partial charge in [-0.2, -0.15) is 5.26 Å². The molecule has 0 saturated heterocycles. The number of benzene rings is 2. The zero-order chi connectivity index (χ0) is 13.8. The first kappa shape index (κ1) is 13.7. The lowest BCUT2D eigenvalue weighted by molar-refractivity contribution is 0.884. The molecule has 2 rings (SSSR count). The summed E-state index contributed by atoms with van der Waals surface area (Å²) in [6.45, 7) is 2.03. The zero-order valence-electron chi connectivity index (χ0n) is 10.3. The van der Waals surface area contributed by atoms with Crippen LogP contribution in [0.5, 0.6) is 0 Å². The summed E-state index contributed by atoms with van der Waals surface area (Å²) in [5.74, 6) is 0. The summed E-state index contributed by atoms with van der Waals surface area (Å²) < 4.78 is 0. The highest BCUT2D eigenvalue weighted by Gasteiger charge is 2.08. The average Bonchev–Trinajstić information content (AvgIpc) is 2.41. The molecule has 96 valence electrons. The van der Waals surface area contributed by atoms with Gasteiger partial charge in [0.1, 0.15) is 6.07 Å². The van der Waals surface area contributed by atoms with E-state index in [2.05, 4.69) is 11.4 Å². The number of nitrogens with zero attached hydrogens (tertiary/aromatic N) is 1. The lowest BCUT2D eigenvalue weighted by Gasteiger charge is -2.17. The fourth-order valence-corrected chi connectivity index (χ4v) is 2.10. The Morgan fingerprint density at radius 3 is 2.32 bits per heavy atom. The predicted molar refractivity (Wildman–Crippen MR) is 79.7 cm³/mol. The Balaban J connectivity index is 2.21. The molecule has 4 heteroatoms. The summed E-state index contributed by atoms with van der Waals surface area (Å²) in [6, 6.07) is 15.1. The summed E-state index contributed by atoms with van der Waals surface area (Å²) >= 11 is 11.7. The Labute approximate surface area is 122 Å². The highest BCUT2D eigenvalue weighted by atomic mass is 35.5. The van der Waals surface area contributed by atoms with E-state index < -0.39 is 0 Å². The van der Waals surface area contributed by atoms with Crippen LogP contribution in [-0.2, 0) is 0 Å². The molecule has 2 aromatic rings. The maximum absolute atomic E-state index is 9.10. The molecular formula is C15H12Cl2N2. The normalized spacial score (nSPS) is 11.7. The molecule has 1 unspecified atom stereocenters. The van der Waals surface area contributed by atoms with Gasteiger partial charge in [0.05, 0.1) is 11.3 Å². The number of nitrogens with one attached hydrogen (secondary N) is 1. The van der Waals surface area contributed by atoms with Crippen LogP contribution in [-0.4, -0.2) is 0 Å². The molecule has 0 amide bonds. The summed E-state index contributed by atoms with van der Waals surface area (Å²) in [7, 11) is 0. The second-order valence-electron chi connectivity index (χ2n) is 4.22. The summed E-state index contributed by atoms with van der Waals surface area (Å²) in [5, 5.41) is 13.7. The van der Waals surface area contributed by atoms with Gasteiger partial charge in [-0.1, -0.05) is 35.3 Å². The monoisotopic (exact) mass is 290 g/mol. The third kappa shape index (κ3) is 3.41. The molecule has 2 nitrogen and oxygen atoms in total. The maximum atomic E-state index is 9.10. The third-order valence-electron chi connectivity index (χ3n) is 2.84. The predicted octanol–water partition coefficient (Wildman–Crippen LogP) is 5.04. The highest BCUT2D eigenvalue weighted by molar-refractivity contribution is 6.31. The van der Waals surface area contributed by atoms with Crippen molar-refractivity contribution in [2.45, 2.75) is 13.0 Å². The van der Waals surface area contributed by atoms with Gasteiger partial charge in [-0.25, -0.2) is 0 Å². The minimum Gasteiger partial charge on any atom is -0.377 e. The number of nitriles is 1. The van der Waals surface area contributed by atoms with Crippen molar-refractivity contribution >= 4 is 28.9 Å². The first-order chi connectivity index (χ1) is 9.10. The fraction of sp³-hybridized carbons (Fsp3) is 0.133. The SMILES string of the molecule is CC(Nc1ccc(Cl)cc1C#N)c1ccc(Cl)cc1. The van der Waals surface area contributed by atoms with Gasteiger partial charge in [-0.05, 0) is 42.8 Å². The molecule has 0 spiro atoms. The Bertz CT molecular complexity index is 615. The van der Waals surface area contributed by atoms with E-state index in [9.17, 15) is 0 Å². The highest BCUT2D eigenvalue weighted by Crippen LogP contribution is 2.25. The third-order valence-corrected chi connectivity index (χ3v) is 3.33. The molecule has 2 aromatic carbocycles. The molecule has 19 heavy (non-hydrogen) atoms. The van der Waals surface area contributed by atoms with Gasteiger partial charge in [0.2, 0.25) is 0 Å². The second kappa shape index (κ2) is 5.97. The second-order valence-corrected chi connectivity index (χ2v) is 5.09. The van der Waals surface area contributed by atoms with Crippen LogP contribution in [0.3, 0.4) is 0 Å². The number of rotatable bonds is 3. The van der Waals surface area contributed by atoms with Gasteiger partial charge in [0.25, 0.3) is 0 Å². The molecule has 1 atom stereocenters. The Hall–Kier alpha value is -1.69. The molecule has 0 aliphatic rings. The van der Waals surface area contributed by atoms with Crippen molar-refractivity contribution in [1.29, 1.82) is 5.26 Å². The van der Waals surface area contributed by atoms with E-state index in [1.807, 2.05) is 37.3 Å². The van der Waals surface area contributed by atoms with Crippen molar-refractivity contribution < 1.29 is 0 Å². The number of hydrogen-bond acceptors (Lipinski definition) is 2. The summed E-state index contributed by atoms with van der Waals surface area (Å²) in [4.78, 5) is 0. The van der Waals surface area contributed by atoms with E-state index in [-0.39, 0.29) is 6.04 Å². The van der Waals surface area contributed by atoms with Crippen molar-refractivity contribution in [2.75, 3.05) is 5.32 Å². The topological polar surface area (TPSA) is 35.8 Å². The van der Waals surface area contributed by atoms with Crippen LogP contribution in [0, 0.1) is 11.3 Å². The molecule has 0 aliphatic carbocycles.